The molecule has 15 heavy (non-hydrogen) atoms. The summed E-state index contributed by atoms with van der Waals surface area (Å²) in [6, 6.07) is 12.3. The first-order valence-electron chi connectivity index (χ1n) is 5.03. The van der Waals surface area contributed by atoms with E-state index >= 15 is 0 Å². The highest BCUT2D eigenvalue weighted by Gasteiger charge is 2.07. The molecule has 0 saturated heterocycles. The van der Waals surface area contributed by atoms with Crippen LogP contribution < -0.4 is 5.73 Å². The Morgan fingerprint density at radius 2 is 1.80 bits per heavy atom. The Kier molecular flexibility index (Phi) is 1.54. The molecule has 0 bridgehead atoms. The first-order chi connectivity index (χ1) is 7.27. The Hall–Kier alpha value is -1.96. The predicted octanol–water partition coefficient (Wildman–Crippen LogP) is 3.21. The van der Waals surface area contributed by atoms with Gasteiger partial charge in [-0.3, -0.25) is 0 Å². The molecule has 0 aliphatic rings. The lowest BCUT2D eigenvalue weighted by Gasteiger charge is -2.01. The molecule has 0 amide bonds. The highest BCUT2D eigenvalue weighted by Crippen LogP contribution is 2.30. The Labute approximate surface area is 87.7 Å². The Bertz CT molecular complexity index is 650. The van der Waals surface area contributed by atoms with Crippen molar-refractivity contribution >= 4 is 27.5 Å². The minimum absolute atomic E-state index is 0.854. The number of benzene rings is 2. The van der Waals surface area contributed by atoms with Gasteiger partial charge in [0.05, 0.1) is 0 Å². The fourth-order valence-electron chi connectivity index (χ4n) is 2.13. The summed E-state index contributed by atoms with van der Waals surface area (Å²) in [6.45, 7) is 2.07. The van der Waals surface area contributed by atoms with Gasteiger partial charge in [0.25, 0.3) is 0 Å². The molecule has 0 saturated carbocycles. The molecule has 0 spiro atoms. The second-order valence-corrected chi connectivity index (χ2v) is 3.87. The van der Waals surface area contributed by atoms with E-state index < -0.39 is 0 Å². The molecule has 2 aromatic carbocycles. The summed E-state index contributed by atoms with van der Waals surface area (Å²) in [7, 11) is 0. The minimum Gasteiger partial charge on any atom is -0.398 e. The summed E-state index contributed by atoms with van der Waals surface area (Å²) in [5.41, 5.74) is 10.3. The van der Waals surface area contributed by atoms with E-state index in [9.17, 15) is 0 Å². The van der Waals surface area contributed by atoms with Crippen LogP contribution in [0, 0.1) is 6.92 Å². The summed E-state index contributed by atoms with van der Waals surface area (Å²) in [5.74, 6) is 0. The average molecular weight is 196 g/mol. The Balaban J connectivity index is 2.63. The molecule has 2 heteroatoms. The third-order valence-electron chi connectivity index (χ3n) is 2.97. The smallest absolute Gasteiger partial charge is 0.0469 e. The zero-order valence-electron chi connectivity index (χ0n) is 8.54. The number of aryl methyl sites for hydroxylation is 1. The molecule has 0 unspecified atom stereocenters. The lowest BCUT2D eigenvalue weighted by atomic mass is 10.1. The monoisotopic (exact) mass is 196 g/mol. The molecule has 0 radical (unpaired) electrons. The second-order valence-electron chi connectivity index (χ2n) is 3.87. The maximum atomic E-state index is 5.92. The highest BCUT2D eigenvalue weighted by molar-refractivity contribution is 6.10. The summed E-state index contributed by atoms with van der Waals surface area (Å²) >= 11 is 0. The number of rotatable bonds is 0. The fraction of sp³-hybridized carbons (Fsp3) is 0.0769. The second kappa shape index (κ2) is 2.76. The molecule has 0 atom stereocenters. The molecule has 3 N–H and O–H groups in total. The van der Waals surface area contributed by atoms with Gasteiger partial charge >= 0.3 is 0 Å². The van der Waals surface area contributed by atoms with Gasteiger partial charge in [0.1, 0.15) is 0 Å². The Morgan fingerprint density at radius 3 is 2.67 bits per heavy atom. The van der Waals surface area contributed by atoms with Crippen LogP contribution in [0.2, 0.25) is 0 Å². The van der Waals surface area contributed by atoms with Gasteiger partial charge in [0.2, 0.25) is 0 Å². The van der Waals surface area contributed by atoms with Crippen molar-refractivity contribution in [1.29, 1.82) is 0 Å². The van der Waals surface area contributed by atoms with Crippen molar-refractivity contribution in [2.45, 2.75) is 6.92 Å². The predicted molar refractivity (Wildman–Crippen MR) is 65.0 cm³/mol. The molecule has 1 heterocycles. The van der Waals surface area contributed by atoms with Crippen LogP contribution >= 0.6 is 0 Å². The largest absolute Gasteiger partial charge is 0.398 e. The van der Waals surface area contributed by atoms with Crippen LogP contribution in [-0.2, 0) is 0 Å². The molecule has 1 aromatic heterocycles. The zero-order chi connectivity index (χ0) is 10.4. The fourth-order valence-corrected chi connectivity index (χ4v) is 2.13. The van der Waals surface area contributed by atoms with Crippen molar-refractivity contribution in [3.05, 3.63) is 42.0 Å². The number of anilines is 1. The molecule has 2 nitrogen and oxygen atoms in total. The SMILES string of the molecule is Cc1c(N)ccc2[nH]c3ccccc3c12. The van der Waals surface area contributed by atoms with Crippen molar-refractivity contribution in [2.24, 2.45) is 0 Å². The summed E-state index contributed by atoms with van der Waals surface area (Å²) in [4.78, 5) is 3.39. The van der Waals surface area contributed by atoms with Crippen LogP contribution in [0.25, 0.3) is 21.8 Å². The number of fused-ring (bicyclic) bond motifs is 3. The maximum Gasteiger partial charge on any atom is 0.0469 e. The molecular weight excluding hydrogens is 184 g/mol. The molecule has 0 fully saturated rings. The van der Waals surface area contributed by atoms with Gasteiger partial charge in [-0.15, -0.1) is 0 Å². The van der Waals surface area contributed by atoms with E-state index in [2.05, 4.69) is 30.1 Å². The van der Waals surface area contributed by atoms with Gasteiger partial charge in [-0.1, -0.05) is 18.2 Å². The van der Waals surface area contributed by atoms with E-state index in [1.165, 1.54) is 16.3 Å². The lowest BCUT2D eigenvalue weighted by Crippen LogP contribution is -1.88. The molecule has 0 aliphatic carbocycles. The van der Waals surface area contributed by atoms with Crippen molar-refractivity contribution in [3.8, 4) is 0 Å². The number of nitrogens with one attached hydrogen (secondary N) is 1. The quantitative estimate of drug-likeness (QED) is 0.532. The van der Waals surface area contributed by atoms with E-state index in [1.54, 1.807) is 0 Å². The number of nitrogens with two attached hydrogens (primary N) is 1. The van der Waals surface area contributed by atoms with Gasteiger partial charge in [0, 0.05) is 27.5 Å². The van der Waals surface area contributed by atoms with Gasteiger partial charge < -0.3 is 10.7 Å². The van der Waals surface area contributed by atoms with Crippen molar-refractivity contribution in [3.63, 3.8) is 0 Å². The number of aromatic amines is 1. The first kappa shape index (κ1) is 8.36. The molecule has 74 valence electrons. The topological polar surface area (TPSA) is 41.8 Å². The van der Waals surface area contributed by atoms with Gasteiger partial charge in [-0.25, -0.2) is 0 Å². The maximum absolute atomic E-state index is 5.92. The van der Waals surface area contributed by atoms with E-state index in [0.717, 1.165) is 16.8 Å². The van der Waals surface area contributed by atoms with Crippen molar-refractivity contribution in [2.75, 3.05) is 5.73 Å². The number of para-hydroxylation sites is 1. The lowest BCUT2D eigenvalue weighted by molar-refractivity contribution is 1.50. The third-order valence-corrected chi connectivity index (χ3v) is 2.97. The number of hydrogen-bond donors (Lipinski definition) is 2. The van der Waals surface area contributed by atoms with Crippen LogP contribution in [0.4, 0.5) is 5.69 Å². The minimum atomic E-state index is 0.854. The van der Waals surface area contributed by atoms with Crippen molar-refractivity contribution < 1.29 is 0 Å². The van der Waals surface area contributed by atoms with Crippen molar-refractivity contribution in [1.82, 2.24) is 4.98 Å². The first-order valence-corrected chi connectivity index (χ1v) is 5.03. The van der Waals surface area contributed by atoms with Crippen LogP contribution in [-0.4, -0.2) is 4.98 Å². The number of hydrogen-bond acceptors (Lipinski definition) is 1. The van der Waals surface area contributed by atoms with E-state index in [1.807, 2.05) is 18.2 Å². The molecule has 0 aliphatic heterocycles. The molecular formula is C13H12N2. The number of aromatic nitrogens is 1. The van der Waals surface area contributed by atoms with Gasteiger partial charge in [-0.05, 0) is 30.7 Å². The van der Waals surface area contributed by atoms with Crippen LogP contribution in [0.5, 0.6) is 0 Å². The molecule has 3 rings (SSSR count). The zero-order valence-corrected chi connectivity index (χ0v) is 8.54. The van der Waals surface area contributed by atoms with Gasteiger partial charge in [0.15, 0.2) is 0 Å². The highest BCUT2D eigenvalue weighted by atomic mass is 14.7. The number of nitrogen functional groups attached to an aromatic ring is 1. The average Bonchev–Trinajstić information content (AvgIpc) is 2.62. The third kappa shape index (κ3) is 1.05. The Morgan fingerprint density at radius 1 is 1.00 bits per heavy atom. The summed E-state index contributed by atoms with van der Waals surface area (Å²) in [5, 5.41) is 2.49. The van der Waals surface area contributed by atoms with E-state index in [4.69, 9.17) is 5.73 Å². The van der Waals surface area contributed by atoms with Gasteiger partial charge in [-0.2, -0.15) is 0 Å². The van der Waals surface area contributed by atoms with Crippen LogP contribution in [0.3, 0.4) is 0 Å². The normalized spacial score (nSPS) is 11.3. The summed E-state index contributed by atoms with van der Waals surface area (Å²) in [6.07, 6.45) is 0. The number of H-pyrrole nitrogens is 1. The summed E-state index contributed by atoms with van der Waals surface area (Å²) < 4.78 is 0. The van der Waals surface area contributed by atoms with E-state index in [0.29, 0.717) is 0 Å². The van der Waals surface area contributed by atoms with E-state index in [-0.39, 0.29) is 0 Å². The standard InChI is InChI=1S/C13H12N2/c1-8-10(14)6-7-12-13(8)9-4-2-3-5-11(9)15-12/h2-7,15H,14H2,1H3. The molecule has 3 aromatic rings. The van der Waals surface area contributed by atoms with Crippen LogP contribution in [0.1, 0.15) is 5.56 Å². The van der Waals surface area contributed by atoms with Crippen LogP contribution in [0.15, 0.2) is 36.4 Å².